The van der Waals surface area contributed by atoms with Crippen molar-refractivity contribution in [2.45, 2.75) is 312 Å². The second kappa shape index (κ2) is 42.4. The van der Waals surface area contributed by atoms with Crippen molar-refractivity contribution in [2.24, 2.45) is 34.0 Å². The predicted octanol–water partition coefficient (Wildman–Crippen LogP) is 8.96. The highest BCUT2D eigenvalue weighted by Gasteiger charge is 2.66. The van der Waals surface area contributed by atoms with E-state index in [1.165, 1.54) is 44.3 Å². The van der Waals surface area contributed by atoms with E-state index < -0.39 is 257 Å². The average molecular weight is 2130 g/mol. The van der Waals surface area contributed by atoms with Crippen LogP contribution in [0.25, 0.3) is 21.0 Å². The fourth-order valence-electron chi connectivity index (χ4n) is 18.2. The van der Waals surface area contributed by atoms with Gasteiger partial charge in [-0.2, -0.15) is 0 Å². The van der Waals surface area contributed by atoms with Gasteiger partial charge in [0.2, 0.25) is 65.5 Å². The van der Waals surface area contributed by atoms with Crippen LogP contribution in [-0.4, -0.2) is 264 Å². The molecule has 6 heterocycles. The molecule has 0 bridgehead atoms. The van der Waals surface area contributed by atoms with E-state index in [-0.39, 0.29) is 69.3 Å². The Bertz CT molecular complexity index is 6490. The largest absolute Gasteiger partial charge is 0.493 e. The summed E-state index contributed by atoms with van der Waals surface area (Å²) in [5, 5.41) is 17.6. The molecule has 6 aliphatic carbocycles. The number of hydrogen-bond acceptors (Lipinski definition) is 30. The molecule has 41 nitrogen and oxygen atoms in total. The number of aromatic nitrogens is 1. The number of carbonyl (C=O) groups is 15. The number of esters is 3. The van der Waals surface area contributed by atoms with Crippen molar-refractivity contribution in [3.63, 3.8) is 0 Å². The molecule has 0 radical (unpaired) electrons. The summed E-state index contributed by atoms with van der Waals surface area (Å²) in [5.41, 5.74) is -7.47. The molecule has 0 unspecified atom stereocenters. The summed E-state index contributed by atoms with van der Waals surface area (Å²) in [6.45, 7) is 42.0. The van der Waals surface area contributed by atoms with Gasteiger partial charge in [-0.1, -0.05) is 86.6 Å². The highest BCUT2D eigenvalue weighted by Crippen LogP contribution is 2.49. The molecule has 2 aromatic heterocycles. The van der Waals surface area contributed by atoms with Gasteiger partial charge in [-0.05, 0) is 219 Å². The number of thiophene rings is 1. The van der Waals surface area contributed by atoms with Crippen LogP contribution in [-0.2, 0) is 108 Å². The fourth-order valence-corrected chi connectivity index (χ4v) is 23.0. The number of fused-ring (bicyclic) bond motifs is 3. The Balaban J connectivity index is 0.000000185. The molecule has 45 heteroatoms. The van der Waals surface area contributed by atoms with Gasteiger partial charge in [-0.25, -0.2) is 54.0 Å². The van der Waals surface area contributed by atoms with Gasteiger partial charge in [0.05, 0.1) is 64.2 Å². The van der Waals surface area contributed by atoms with Crippen molar-refractivity contribution in [3.05, 3.63) is 145 Å². The van der Waals surface area contributed by atoms with Crippen LogP contribution in [0.15, 0.2) is 122 Å². The lowest BCUT2D eigenvalue weighted by Gasteiger charge is -2.36. The van der Waals surface area contributed by atoms with E-state index in [1.54, 1.807) is 191 Å². The zero-order chi connectivity index (χ0) is 109. The minimum Gasteiger partial charge on any atom is -0.493 e. The van der Waals surface area contributed by atoms with E-state index >= 15 is 0 Å². The van der Waals surface area contributed by atoms with Gasteiger partial charge in [0, 0.05) is 59.7 Å². The molecule has 15 rings (SSSR count). The maximum atomic E-state index is 14.3. The number of nitrogens with one attached hydrogen (secondary N) is 9. The molecule has 148 heavy (non-hydrogen) atoms. The summed E-state index contributed by atoms with van der Waals surface area (Å²) in [4.78, 5) is 212. The Morgan fingerprint density at radius 3 is 1.07 bits per heavy atom. The molecule has 0 spiro atoms. The maximum Gasteiger partial charge on any atom is 0.408 e. The van der Waals surface area contributed by atoms with E-state index in [2.05, 4.69) is 70.8 Å². The molecule has 4 aliphatic heterocycles. The normalized spacial score (nSPS) is 24.6. The summed E-state index contributed by atoms with van der Waals surface area (Å²) >= 11 is 1.53. The Labute approximate surface area is 865 Å². The third kappa shape index (κ3) is 27.0. The first-order valence-electron chi connectivity index (χ1n) is 49.3. The molecule has 10 aliphatic rings. The maximum absolute atomic E-state index is 14.3. The molecule has 9 N–H and O–H groups in total. The van der Waals surface area contributed by atoms with Crippen LogP contribution in [0.3, 0.4) is 0 Å². The number of sulfonamides is 3. The first-order valence-corrected chi connectivity index (χ1v) is 54.9. The molecular formula is C103H135N13O28S4. The van der Waals surface area contributed by atoms with E-state index in [0.717, 1.165) is 21.0 Å². The minimum absolute atomic E-state index is 0.106. The predicted molar refractivity (Wildman–Crippen MR) is 543 cm³/mol. The minimum atomic E-state index is -3.92. The van der Waals surface area contributed by atoms with Crippen LogP contribution in [0.5, 0.6) is 5.75 Å². The number of alkyl carbamates (subject to hydrolysis) is 3. The summed E-state index contributed by atoms with van der Waals surface area (Å²) in [5.74, 6) is -9.68. The first-order chi connectivity index (χ1) is 68.7. The third-order valence-corrected chi connectivity index (χ3v) is 33.2. The number of pyridine rings is 1. The second-order valence-electron chi connectivity index (χ2n) is 45.7. The zero-order valence-electron chi connectivity index (χ0n) is 86.5. The molecule has 6 saturated carbocycles. The number of ether oxygens (including phenoxy) is 7. The summed E-state index contributed by atoms with van der Waals surface area (Å²) in [7, 11) is -11.7. The lowest BCUT2D eigenvalue weighted by molar-refractivity contribution is -0.143. The number of hydrogen-bond donors (Lipinski definition) is 9. The number of amides is 12. The molecule has 15 atom stereocenters. The van der Waals surface area contributed by atoms with Crippen LogP contribution >= 0.6 is 11.3 Å². The Hall–Kier alpha value is -12.7. The molecule has 12 amide bonds. The Morgan fingerprint density at radius 2 is 0.757 bits per heavy atom. The van der Waals surface area contributed by atoms with E-state index in [1.807, 2.05) is 17.5 Å². The highest BCUT2D eigenvalue weighted by atomic mass is 32.2. The number of rotatable bonds is 30. The van der Waals surface area contributed by atoms with Crippen molar-refractivity contribution >= 4 is 152 Å². The van der Waals surface area contributed by atoms with E-state index in [0.29, 0.717) is 68.4 Å². The monoisotopic (exact) mass is 2130 g/mol. The van der Waals surface area contributed by atoms with E-state index in [9.17, 15) is 97.2 Å². The number of carbonyl (C=O) groups excluding carboxylic acids is 15. The Morgan fingerprint density at radius 1 is 0.432 bits per heavy atom. The van der Waals surface area contributed by atoms with Gasteiger partial charge in [-0.3, -0.25) is 62.3 Å². The van der Waals surface area contributed by atoms with E-state index in [4.69, 9.17) is 33.2 Å². The van der Waals surface area contributed by atoms with Crippen LogP contribution < -0.4 is 50.8 Å². The van der Waals surface area contributed by atoms with Crippen LogP contribution in [0, 0.1) is 34.0 Å². The van der Waals surface area contributed by atoms with Crippen LogP contribution in [0.2, 0.25) is 0 Å². The van der Waals surface area contributed by atoms with Gasteiger partial charge in [0.15, 0.2) is 0 Å². The number of nitrogens with zero attached hydrogens (tertiary/aromatic N) is 4. The highest BCUT2D eigenvalue weighted by molar-refractivity contribution is 7.91. The third-order valence-electron chi connectivity index (χ3n) is 26.9. The first kappa shape index (κ1) is 113. The molecule has 9 fully saturated rings. The van der Waals surface area contributed by atoms with Gasteiger partial charge >= 0.3 is 36.2 Å². The van der Waals surface area contributed by atoms with Crippen molar-refractivity contribution in [1.82, 2.24) is 65.8 Å². The molecule has 3 saturated heterocycles. The standard InChI is InChI=1S/C35H45N5O9S.C34H46N4O10S.C34H44N4O9S2/c1-8-22-18-35(22,31(44)39-50(46,47)24-12-13-24)38-28(41)26-17-23(48-30(43)21-11-14-25-20(16-21)10-9-15-36-25)19-40(26)29(42)27(33(2,3)4)37-32(45)49-34(5,6)7;1-8-21-17-34(21,30(42)37-49(44,45)23-10-11-23)36-27(39)24-16-22(47-29(41)20-9-12-25-19(15-20)13-14-46-25)18-38(24)28(40)26(32(2,3)4)35-31(43)48-33(5,6)7;1-8-21-17-34(21,30(42)37-49(44,45)23-10-11-23)36-27(39)24-16-22(46-29(41)20-9-12-25-19(15-20)13-14-48-25)18-38(24)28(40)26(32(2,3)4)35-31(43)47-33(5,6)7/h8-11,14-16,22-24,26-27H,1,12-13,17-19H2,2-7H3,(H,37,45)(H,38,41)(H,39,44);8-9,12,15,21-24,26H,1,10-11,13-14,16-18H2,2-7H3,(H,35,43)(H,36,39)(H,37,42);8-9,12-15,21-24,26H,1,10-11,16-18H2,2-7H3,(H,35,43)(H,36,39)(H,37,42)/t22-,23-,26+,27-,35-;2*21-,22-,24+,26-,34-/m111/s1. The molecule has 804 valence electrons. The smallest absolute Gasteiger partial charge is 0.408 e. The van der Waals surface area contributed by atoms with Crippen molar-refractivity contribution in [2.75, 3.05) is 26.2 Å². The van der Waals surface area contributed by atoms with Crippen molar-refractivity contribution in [3.8, 4) is 5.75 Å². The summed E-state index contributed by atoms with van der Waals surface area (Å²) in [6.07, 6.45) is 4.04. The lowest BCUT2D eigenvalue weighted by Crippen LogP contribution is -2.60. The quantitative estimate of drug-likeness (QED) is 0.0118. The number of likely N-dealkylation sites (tertiary alicyclic amines) is 3. The zero-order valence-corrected chi connectivity index (χ0v) is 89.7. The van der Waals surface area contributed by atoms with Crippen molar-refractivity contribution in [1.29, 1.82) is 0 Å². The van der Waals surface area contributed by atoms with Crippen LogP contribution in [0.1, 0.15) is 238 Å². The van der Waals surface area contributed by atoms with Crippen molar-refractivity contribution < 1.29 is 130 Å². The summed E-state index contributed by atoms with van der Waals surface area (Å²) in [6, 6.07) is 13.2. The topological polar surface area (TPSA) is 554 Å². The second-order valence-corrected chi connectivity index (χ2v) is 52.5. The summed E-state index contributed by atoms with van der Waals surface area (Å²) < 4.78 is 122. The van der Waals surface area contributed by atoms with Gasteiger partial charge < -0.3 is 79.8 Å². The van der Waals surface area contributed by atoms with Crippen LogP contribution in [0.4, 0.5) is 14.4 Å². The SMILES string of the molecule is C=C[C@@H]1C[C@]1(NC(=O)[C@@H]1C[C@@H](OC(=O)c2ccc3c(c2)CCO3)CN1C(=O)[C@@H](NC(=O)OC(C)(C)C)C(C)(C)C)C(=O)NS(=O)(=O)C1CC1.C=C[C@@H]1C[C@]1(NC(=O)[C@@H]1C[C@@H](OC(=O)c2ccc3ncccc3c2)CN1C(=O)[C@@H](NC(=O)OC(C)(C)C)C(C)(C)C)C(=O)NS(=O)(=O)C1CC1.C=C[C@@H]1C[C@]1(NC(=O)[C@@H]1C[C@@H](OC(=O)c2ccc3sccc3c2)CN1C(=O)[C@@H](NC(=O)OC(C)(C)C)C(C)(C)C)C(=O)NS(=O)(=O)C1CC1. The lowest BCUT2D eigenvalue weighted by atomic mass is 9.85. The number of benzene rings is 3. The van der Waals surface area contributed by atoms with Gasteiger partial charge in [0.25, 0.3) is 17.7 Å². The fraction of sp³-hybridized carbons (Fsp3) is 0.573. The average Bonchev–Trinajstić information content (AvgIpc) is 1.58. The Kier molecular flexibility index (Phi) is 32.2. The van der Waals surface area contributed by atoms with Gasteiger partial charge in [-0.15, -0.1) is 31.1 Å². The molecular weight excluding hydrogens is 2000 g/mol. The molecule has 5 aromatic rings. The molecule has 3 aromatic carbocycles. The van der Waals surface area contributed by atoms with Gasteiger partial charge in [0.1, 0.15) is 93.7 Å².